The molecule has 0 saturated carbocycles. The highest BCUT2D eigenvalue weighted by Gasteiger charge is 2.50. The third kappa shape index (κ3) is 6.19. The van der Waals surface area contributed by atoms with Crippen LogP contribution in [0.15, 0.2) is 24.3 Å². The first-order valence-corrected chi connectivity index (χ1v) is 12.8. The second-order valence-corrected chi connectivity index (χ2v) is 11.0. The molecule has 0 aliphatic carbocycles. The molecule has 34 heavy (non-hydrogen) atoms. The number of aliphatic hydroxyl groups is 1. The maximum atomic E-state index is 12.6. The maximum absolute atomic E-state index is 12.6. The molecule has 3 fully saturated rings. The normalized spacial score (nSPS) is 30.8. The van der Waals surface area contributed by atoms with E-state index in [0.29, 0.717) is 12.0 Å². The van der Waals surface area contributed by atoms with Gasteiger partial charge in [0.25, 0.3) is 0 Å². The zero-order chi connectivity index (χ0) is 24.5. The van der Waals surface area contributed by atoms with Crippen LogP contribution in [0.1, 0.15) is 18.4 Å². The molecule has 190 valence electrons. The van der Waals surface area contributed by atoms with Gasteiger partial charge in [-0.2, -0.15) is 0 Å². The Morgan fingerprint density at radius 3 is 2.59 bits per heavy atom. The summed E-state index contributed by atoms with van der Waals surface area (Å²) in [5, 5.41) is 13.6. The molecular formula is C21H27F3N2O7S. The van der Waals surface area contributed by atoms with Gasteiger partial charge in [-0.05, 0) is 6.07 Å². The Hall–Kier alpha value is -1.93. The highest BCUT2D eigenvalue weighted by molar-refractivity contribution is 7.91. The molecule has 1 aromatic rings. The summed E-state index contributed by atoms with van der Waals surface area (Å²) in [5.74, 6) is -0.570. The van der Waals surface area contributed by atoms with E-state index < -0.39 is 46.7 Å². The van der Waals surface area contributed by atoms with Crippen molar-refractivity contribution in [2.24, 2.45) is 0 Å². The maximum Gasteiger partial charge on any atom is 0.573 e. The van der Waals surface area contributed by atoms with Crippen LogP contribution in [0.4, 0.5) is 13.2 Å². The van der Waals surface area contributed by atoms with Gasteiger partial charge in [-0.1, -0.05) is 18.2 Å². The molecular weight excluding hydrogens is 481 g/mol. The van der Waals surface area contributed by atoms with Gasteiger partial charge in [-0.25, -0.2) is 8.42 Å². The Morgan fingerprint density at radius 2 is 1.91 bits per heavy atom. The number of hydrogen-bond donors (Lipinski definition) is 2. The molecule has 3 saturated heterocycles. The number of carbonyl (C=O) groups is 1. The van der Waals surface area contributed by atoms with Crippen molar-refractivity contribution < 1.29 is 45.7 Å². The molecule has 5 atom stereocenters. The Bertz CT molecular complexity index is 977. The minimum Gasteiger partial charge on any atom is -0.405 e. The summed E-state index contributed by atoms with van der Waals surface area (Å²) in [5.41, 5.74) is 0.313. The van der Waals surface area contributed by atoms with Gasteiger partial charge in [0.2, 0.25) is 5.91 Å². The van der Waals surface area contributed by atoms with E-state index in [4.69, 9.17) is 9.47 Å². The summed E-state index contributed by atoms with van der Waals surface area (Å²) < 4.78 is 76.5. The molecule has 3 aliphatic heterocycles. The van der Waals surface area contributed by atoms with E-state index in [-0.39, 0.29) is 55.8 Å². The van der Waals surface area contributed by atoms with Gasteiger partial charge in [-0.15, -0.1) is 13.2 Å². The standard InChI is InChI=1S/C21H27F3N2O7S/c22-21(23,24)33-15-4-2-1-3-13(15)11-25-12-17-19(28)20-16(32-17)9-14(31-20)10-18(27)26-5-7-34(29,30)8-6-26/h1-4,14,16-17,19-20,25,28H,5-12H2. The molecule has 3 aliphatic rings. The molecule has 0 aromatic heterocycles. The summed E-state index contributed by atoms with van der Waals surface area (Å²) in [6.07, 6.45) is -7.31. The summed E-state index contributed by atoms with van der Waals surface area (Å²) in [4.78, 5) is 14.0. The summed E-state index contributed by atoms with van der Waals surface area (Å²) >= 11 is 0. The average Bonchev–Trinajstić information content (AvgIpc) is 3.26. The average molecular weight is 509 g/mol. The fourth-order valence-electron chi connectivity index (χ4n) is 4.52. The lowest BCUT2D eigenvalue weighted by Gasteiger charge is -2.28. The number of alkyl halides is 3. The zero-order valence-electron chi connectivity index (χ0n) is 18.2. The van der Waals surface area contributed by atoms with Crippen LogP contribution in [0.5, 0.6) is 5.75 Å². The number of amides is 1. The molecule has 13 heteroatoms. The molecule has 3 heterocycles. The highest BCUT2D eigenvalue weighted by atomic mass is 32.2. The first-order chi connectivity index (χ1) is 16.0. The van der Waals surface area contributed by atoms with Gasteiger partial charge in [0.15, 0.2) is 9.84 Å². The molecule has 5 unspecified atom stereocenters. The van der Waals surface area contributed by atoms with E-state index in [0.717, 1.165) is 0 Å². The number of aliphatic hydroxyl groups excluding tert-OH is 1. The van der Waals surface area contributed by atoms with Crippen molar-refractivity contribution in [2.45, 2.75) is 56.3 Å². The minimum atomic E-state index is -4.79. The van der Waals surface area contributed by atoms with Gasteiger partial charge in [0.1, 0.15) is 18.0 Å². The van der Waals surface area contributed by atoms with Crippen LogP contribution in [-0.4, -0.2) is 92.4 Å². The monoisotopic (exact) mass is 508 g/mol. The number of ether oxygens (including phenoxy) is 3. The number of hydrogen-bond acceptors (Lipinski definition) is 8. The third-order valence-corrected chi connectivity index (χ3v) is 7.85. The van der Waals surface area contributed by atoms with Gasteiger partial charge >= 0.3 is 6.36 Å². The molecule has 0 spiro atoms. The van der Waals surface area contributed by atoms with Crippen molar-refractivity contribution in [3.63, 3.8) is 0 Å². The Balaban J connectivity index is 1.22. The van der Waals surface area contributed by atoms with Crippen LogP contribution in [0.2, 0.25) is 0 Å². The molecule has 1 aromatic carbocycles. The second-order valence-electron chi connectivity index (χ2n) is 8.69. The fourth-order valence-corrected chi connectivity index (χ4v) is 5.72. The van der Waals surface area contributed by atoms with Crippen LogP contribution in [0.3, 0.4) is 0 Å². The molecule has 0 radical (unpaired) electrons. The van der Waals surface area contributed by atoms with Crippen molar-refractivity contribution in [3.05, 3.63) is 29.8 Å². The lowest BCUT2D eigenvalue weighted by molar-refractivity contribution is -0.274. The number of benzene rings is 1. The van der Waals surface area contributed by atoms with E-state index >= 15 is 0 Å². The molecule has 9 nitrogen and oxygen atoms in total. The third-order valence-electron chi connectivity index (χ3n) is 6.24. The summed E-state index contributed by atoms with van der Waals surface area (Å²) in [6, 6.07) is 5.79. The Kier molecular flexibility index (Phi) is 7.38. The largest absolute Gasteiger partial charge is 0.573 e. The predicted octanol–water partition coefficient (Wildman–Crippen LogP) is 0.608. The lowest BCUT2D eigenvalue weighted by atomic mass is 10.1. The molecule has 1 amide bonds. The number of carbonyl (C=O) groups excluding carboxylic acids is 1. The topological polar surface area (TPSA) is 114 Å². The first-order valence-electron chi connectivity index (χ1n) is 11.0. The van der Waals surface area contributed by atoms with Crippen molar-refractivity contribution in [3.8, 4) is 5.75 Å². The van der Waals surface area contributed by atoms with Crippen LogP contribution < -0.4 is 10.1 Å². The molecule has 4 rings (SSSR count). The lowest BCUT2D eigenvalue weighted by Crippen LogP contribution is -2.44. The van der Waals surface area contributed by atoms with Crippen molar-refractivity contribution >= 4 is 15.7 Å². The van der Waals surface area contributed by atoms with Crippen molar-refractivity contribution in [1.82, 2.24) is 10.2 Å². The quantitative estimate of drug-likeness (QED) is 0.551. The van der Waals surface area contributed by atoms with Crippen molar-refractivity contribution in [2.75, 3.05) is 31.1 Å². The molecule has 2 N–H and O–H groups in total. The van der Waals surface area contributed by atoms with Gasteiger partial charge < -0.3 is 29.5 Å². The number of rotatable bonds is 7. The van der Waals surface area contributed by atoms with E-state index in [2.05, 4.69) is 10.1 Å². The van der Waals surface area contributed by atoms with E-state index in [1.165, 1.54) is 23.1 Å². The number of nitrogens with one attached hydrogen (secondary N) is 1. The number of nitrogens with zero attached hydrogens (tertiary/aromatic N) is 1. The van der Waals surface area contributed by atoms with E-state index in [1.807, 2.05) is 0 Å². The number of fused-ring (bicyclic) bond motifs is 1. The van der Waals surface area contributed by atoms with Crippen molar-refractivity contribution in [1.29, 1.82) is 0 Å². The van der Waals surface area contributed by atoms with Gasteiger partial charge in [-0.3, -0.25) is 4.79 Å². The van der Waals surface area contributed by atoms with E-state index in [9.17, 15) is 31.5 Å². The minimum absolute atomic E-state index is 0.0428. The van der Waals surface area contributed by atoms with Crippen LogP contribution in [-0.2, 0) is 30.7 Å². The van der Waals surface area contributed by atoms with Crippen LogP contribution >= 0.6 is 0 Å². The molecule has 0 bridgehead atoms. The Morgan fingerprint density at radius 1 is 1.21 bits per heavy atom. The number of sulfone groups is 1. The van der Waals surface area contributed by atoms with E-state index in [1.54, 1.807) is 6.07 Å². The second kappa shape index (κ2) is 9.97. The number of para-hydroxylation sites is 1. The first kappa shape index (κ1) is 25.2. The SMILES string of the molecule is O=C(CC1CC2OC(CNCc3ccccc3OC(F)(F)F)C(O)C2O1)N1CCS(=O)(=O)CC1. The number of halogens is 3. The fraction of sp³-hybridized carbons (Fsp3) is 0.667. The zero-order valence-corrected chi connectivity index (χ0v) is 19.1. The Labute approximate surface area is 195 Å². The predicted molar refractivity (Wildman–Crippen MR) is 113 cm³/mol. The summed E-state index contributed by atoms with van der Waals surface area (Å²) in [6.45, 7) is 0.608. The van der Waals surface area contributed by atoms with Gasteiger partial charge in [0, 0.05) is 38.2 Å². The highest BCUT2D eigenvalue weighted by Crippen LogP contribution is 2.35. The smallest absolute Gasteiger partial charge is 0.405 e. The van der Waals surface area contributed by atoms with Crippen LogP contribution in [0.25, 0.3) is 0 Å². The summed E-state index contributed by atoms with van der Waals surface area (Å²) in [7, 11) is -3.08. The van der Waals surface area contributed by atoms with Gasteiger partial charge in [0.05, 0.1) is 36.2 Å². The van der Waals surface area contributed by atoms with Crippen LogP contribution in [0, 0.1) is 0 Å².